The lowest BCUT2D eigenvalue weighted by Crippen LogP contribution is -2.66. The number of piperidine rings is 1. The van der Waals surface area contributed by atoms with E-state index in [1.165, 1.54) is 12.0 Å². The van der Waals surface area contributed by atoms with Crippen LogP contribution in [-0.4, -0.2) is 35.2 Å². The third-order valence-corrected chi connectivity index (χ3v) is 3.34. The maximum absolute atomic E-state index is 9.19. The number of hydrogen-bond donors (Lipinski definition) is 2. The summed E-state index contributed by atoms with van der Waals surface area (Å²) in [4.78, 5) is 2.49. The molecule has 2 bridgehead atoms. The molecule has 3 fully saturated rings. The first-order chi connectivity index (χ1) is 7.29. The summed E-state index contributed by atoms with van der Waals surface area (Å²) in [6.07, 6.45) is 1.35. The van der Waals surface area contributed by atoms with Gasteiger partial charge in [0.25, 0.3) is 0 Å². The summed E-state index contributed by atoms with van der Waals surface area (Å²) in [5, 5.41) is 12.7. The van der Waals surface area contributed by atoms with Gasteiger partial charge in [0, 0.05) is 31.7 Å². The predicted octanol–water partition coefficient (Wildman–Crippen LogP) is 0.938. The van der Waals surface area contributed by atoms with Crippen LogP contribution in [-0.2, 0) is 6.54 Å². The monoisotopic (exact) mass is 204 g/mol. The zero-order valence-corrected chi connectivity index (χ0v) is 8.69. The van der Waals surface area contributed by atoms with E-state index in [9.17, 15) is 5.11 Å². The van der Waals surface area contributed by atoms with Gasteiger partial charge in [0.15, 0.2) is 0 Å². The number of phenolic OH excluding ortho intramolecular Hbond substituents is 1. The Kier molecular flexibility index (Phi) is 2.15. The van der Waals surface area contributed by atoms with Gasteiger partial charge in [-0.25, -0.2) is 0 Å². The van der Waals surface area contributed by atoms with Crippen LogP contribution in [0.3, 0.4) is 0 Å². The number of hydrogen-bond acceptors (Lipinski definition) is 3. The lowest BCUT2D eigenvalue weighted by atomic mass is 9.91. The number of nitrogens with one attached hydrogen (secondary N) is 1. The second-order valence-corrected chi connectivity index (χ2v) is 4.66. The van der Waals surface area contributed by atoms with Gasteiger partial charge < -0.3 is 10.4 Å². The highest BCUT2D eigenvalue weighted by molar-refractivity contribution is 5.25. The molecular weight excluding hydrogens is 188 g/mol. The van der Waals surface area contributed by atoms with Crippen LogP contribution in [0.4, 0.5) is 0 Å². The largest absolute Gasteiger partial charge is 0.508 e. The van der Waals surface area contributed by atoms with Crippen molar-refractivity contribution in [2.24, 2.45) is 0 Å². The summed E-state index contributed by atoms with van der Waals surface area (Å²) in [5.74, 6) is 0.349. The Morgan fingerprint density at radius 2 is 1.80 bits per heavy atom. The Bertz CT molecular complexity index is 333. The van der Waals surface area contributed by atoms with Gasteiger partial charge >= 0.3 is 0 Å². The third-order valence-electron chi connectivity index (χ3n) is 3.34. The molecule has 0 aliphatic carbocycles. The van der Waals surface area contributed by atoms with Gasteiger partial charge in [-0.15, -0.1) is 0 Å². The zero-order valence-electron chi connectivity index (χ0n) is 8.69. The first-order valence-electron chi connectivity index (χ1n) is 5.56. The Hall–Kier alpha value is -1.06. The molecule has 0 radical (unpaired) electrons. The molecule has 2 unspecified atom stereocenters. The second-order valence-electron chi connectivity index (χ2n) is 4.66. The molecule has 15 heavy (non-hydrogen) atoms. The van der Waals surface area contributed by atoms with E-state index in [-0.39, 0.29) is 0 Å². The number of piperazine rings is 1. The van der Waals surface area contributed by atoms with Crippen LogP contribution in [0.5, 0.6) is 5.75 Å². The highest BCUT2D eigenvalue weighted by Crippen LogP contribution is 2.22. The molecule has 4 rings (SSSR count). The molecule has 3 saturated heterocycles. The molecule has 80 valence electrons. The van der Waals surface area contributed by atoms with Crippen molar-refractivity contribution in [3.05, 3.63) is 29.8 Å². The fourth-order valence-electron chi connectivity index (χ4n) is 2.59. The van der Waals surface area contributed by atoms with Crippen LogP contribution >= 0.6 is 0 Å². The zero-order chi connectivity index (χ0) is 10.3. The molecule has 3 heterocycles. The van der Waals surface area contributed by atoms with Gasteiger partial charge in [0.05, 0.1) is 0 Å². The fraction of sp³-hybridized carbons (Fsp3) is 0.500. The van der Waals surface area contributed by atoms with Gasteiger partial charge in [0.1, 0.15) is 5.75 Å². The standard InChI is InChI=1S/C12H16N2O/c15-12-3-1-9(2-4-12)6-14-7-10-5-11(8-14)13-10/h1-4,10-11,13,15H,5-8H2. The molecule has 1 aromatic carbocycles. The topological polar surface area (TPSA) is 35.5 Å². The minimum Gasteiger partial charge on any atom is -0.508 e. The SMILES string of the molecule is Oc1ccc(CN2CC3CC(C2)N3)cc1. The van der Waals surface area contributed by atoms with Crippen LogP contribution < -0.4 is 5.32 Å². The first kappa shape index (κ1) is 9.19. The summed E-state index contributed by atoms with van der Waals surface area (Å²) in [5.41, 5.74) is 1.29. The van der Waals surface area contributed by atoms with E-state index in [0.717, 1.165) is 31.7 Å². The molecule has 3 aliphatic heterocycles. The minimum absolute atomic E-state index is 0.349. The van der Waals surface area contributed by atoms with Gasteiger partial charge in [-0.05, 0) is 24.1 Å². The van der Waals surface area contributed by atoms with E-state index < -0.39 is 0 Å². The number of phenols is 1. The molecule has 1 aromatic rings. The number of aromatic hydroxyl groups is 1. The average Bonchev–Trinajstić information content (AvgIpc) is 2.21. The predicted molar refractivity (Wildman–Crippen MR) is 58.7 cm³/mol. The fourth-order valence-corrected chi connectivity index (χ4v) is 2.59. The van der Waals surface area contributed by atoms with Crippen molar-refractivity contribution in [3.8, 4) is 5.75 Å². The van der Waals surface area contributed by atoms with Crippen molar-refractivity contribution in [1.82, 2.24) is 10.2 Å². The van der Waals surface area contributed by atoms with Gasteiger partial charge in [-0.3, -0.25) is 4.90 Å². The van der Waals surface area contributed by atoms with Gasteiger partial charge in [-0.2, -0.15) is 0 Å². The van der Waals surface area contributed by atoms with Crippen molar-refractivity contribution in [1.29, 1.82) is 0 Å². The molecule has 0 aromatic heterocycles. The van der Waals surface area contributed by atoms with Crippen LogP contribution in [0.1, 0.15) is 12.0 Å². The quantitative estimate of drug-likeness (QED) is 0.752. The minimum atomic E-state index is 0.349. The van der Waals surface area contributed by atoms with E-state index in [1.807, 2.05) is 12.1 Å². The number of benzene rings is 1. The van der Waals surface area contributed by atoms with Crippen molar-refractivity contribution in [3.63, 3.8) is 0 Å². The Balaban J connectivity index is 1.63. The summed E-state index contributed by atoms with van der Waals surface area (Å²) >= 11 is 0. The number of rotatable bonds is 2. The third kappa shape index (κ3) is 1.85. The van der Waals surface area contributed by atoms with Gasteiger partial charge in [-0.1, -0.05) is 12.1 Å². The maximum Gasteiger partial charge on any atom is 0.115 e. The van der Waals surface area contributed by atoms with Crippen LogP contribution in [0.2, 0.25) is 0 Å². The highest BCUT2D eigenvalue weighted by atomic mass is 16.3. The number of fused-ring (bicyclic) bond motifs is 2. The Labute approximate surface area is 89.7 Å². The van der Waals surface area contributed by atoms with E-state index in [1.54, 1.807) is 12.1 Å². The molecule has 3 aliphatic rings. The lowest BCUT2D eigenvalue weighted by Gasteiger charge is -2.48. The van der Waals surface area contributed by atoms with Crippen molar-refractivity contribution >= 4 is 0 Å². The van der Waals surface area contributed by atoms with E-state index in [2.05, 4.69) is 10.2 Å². The van der Waals surface area contributed by atoms with Crippen LogP contribution in [0.25, 0.3) is 0 Å². The molecule has 0 amide bonds. The first-order valence-corrected chi connectivity index (χ1v) is 5.56. The van der Waals surface area contributed by atoms with E-state index >= 15 is 0 Å². The van der Waals surface area contributed by atoms with Crippen molar-refractivity contribution in [2.75, 3.05) is 13.1 Å². The summed E-state index contributed by atoms with van der Waals surface area (Å²) in [6.45, 7) is 3.34. The number of nitrogens with zero attached hydrogens (tertiary/aromatic N) is 1. The molecule has 2 N–H and O–H groups in total. The highest BCUT2D eigenvalue weighted by Gasteiger charge is 2.35. The molecule has 3 nitrogen and oxygen atoms in total. The lowest BCUT2D eigenvalue weighted by molar-refractivity contribution is 0.0726. The summed E-state index contributed by atoms with van der Waals surface area (Å²) < 4.78 is 0. The Morgan fingerprint density at radius 1 is 1.20 bits per heavy atom. The van der Waals surface area contributed by atoms with Gasteiger partial charge in [0.2, 0.25) is 0 Å². The molecule has 2 atom stereocenters. The van der Waals surface area contributed by atoms with Crippen molar-refractivity contribution in [2.45, 2.75) is 25.0 Å². The van der Waals surface area contributed by atoms with Crippen LogP contribution in [0.15, 0.2) is 24.3 Å². The smallest absolute Gasteiger partial charge is 0.115 e. The molecular formula is C12H16N2O. The Morgan fingerprint density at radius 3 is 2.40 bits per heavy atom. The molecule has 3 heteroatoms. The molecule has 0 saturated carbocycles. The summed E-state index contributed by atoms with van der Waals surface area (Å²) in [7, 11) is 0. The maximum atomic E-state index is 9.19. The van der Waals surface area contributed by atoms with E-state index in [0.29, 0.717) is 5.75 Å². The average molecular weight is 204 g/mol. The van der Waals surface area contributed by atoms with Crippen LogP contribution in [0, 0.1) is 0 Å². The normalized spacial score (nSPS) is 29.9. The molecule has 0 spiro atoms. The van der Waals surface area contributed by atoms with E-state index in [4.69, 9.17) is 0 Å². The van der Waals surface area contributed by atoms with Crippen molar-refractivity contribution < 1.29 is 5.11 Å². The second kappa shape index (κ2) is 3.51. The summed E-state index contributed by atoms with van der Waals surface area (Å²) in [6, 6.07) is 8.98.